The van der Waals surface area contributed by atoms with Crippen LogP contribution in [0.5, 0.6) is 5.75 Å². The molecule has 9 heteroatoms. The number of sulfone groups is 1. The van der Waals surface area contributed by atoms with Crippen molar-refractivity contribution < 1.29 is 17.9 Å². The smallest absolute Gasteiger partial charge is 0.267 e. The van der Waals surface area contributed by atoms with Gasteiger partial charge in [0.25, 0.3) is 5.56 Å². The molecule has 0 N–H and O–H groups in total. The van der Waals surface area contributed by atoms with Crippen molar-refractivity contribution in [2.24, 2.45) is 0 Å². The average Bonchev–Trinajstić information content (AvgIpc) is 2.79. The molecule has 0 unspecified atom stereocenters. The van der Waals surface area contributed by atoms with E-state index in [1.807, 2.05) is 32.9 Å². The zero-order valence-electron chi connectivity index (χ0n) is 18.7. The number of carbonyl (C=O) groups is 1. The Hall–Kier alpha value is -3.46. The molecule has 0 atom stereocenters. The maximum Gasteiger partial charge on any atom is 0.267 e. The summed E-state index contributed by atoms with van der Waals surface area (Å²) in [5.74, 6) is 0.471. The molecule has 1 aliphatic heterocycles. The quantitative estimate of drug-likeness (QED) is 0.572. The largest absolute Gasteiger partial charge is 0.490 e. The van der Waals surface area contributed by atoms with Gasteiger partial charge in [0.05, 0.1) is 17.1 Å². The Labute approximate surface area is 192 Å². The highest BCUT2D eigenvalue weighted by Gasteiger charge is 2.26. The molecule has 172 valence electrons. The van der Waals surface area contributed by atoms with Gasteiger partial charge in [0.2, 0.25) is 15.7 Å². The Balaban J connectivity index is 1.63. The minimum atomic E-state index is -3.95. The van der Waals surface area contributed by atoms with Crippen molar-refractivity contribution in [3.8, 4) is 5.75 Å². The van der Waals surface area contributed by atoms with Gasteiger partial charge in [0.1, 0.15) is 18.9 Å². The van der Waals surface area contributed by atoms with Gasteiger partial charge < -0.3 is 9.64 Å². The number of hydrogen-bond donors (Lipinski definition) is 0. The number of carbonyl (C=O) groups excluding carboxylic acids is 1. The predicted molar refractivity (Wildman–Crippen MR) is 124 cm³/mol. The SMILES string of the molecule is Cc1ccc2c(c1)N(C(=O)Cn1nc(S(=O)(=O)c3ccc(C(C)C)cc3)ccc1=O)CCO2. The zero-order valence-corrected chi connectivity index (χ0v) is 19.5. The maximum atomic E-state index is 13.1. The number of amides is 1. The summed E-state index contributed by atoms with van der Waals surface area (Å²) < 4.78 is 32.7. The summed E-state index contributed by atoms with van der Waals surface area (Å²) in [4.78, 5) is 27.0. The number of fused-ring (bicyclic) bond motifs is 1. The van der Waals surface area contributed by atoms with E-state index in [4.69, 9.17) is 4.74 Å². The molecule has 1 aliphatic rings. The van der Waals surface area contributed by atoms with Gasteiger partial charge in [-0.2, -0.15) is 5.10 Å². The second-order valence-corrected chi connectivity index (χ2v) is 10.2. The highest BCUT2D eigenvalue weighted by Crippen LogP contribution is 2.32. The fourth-order valence-corrected chi connectivity index (χ4v) is 4.83. The Morgan fingerprint density at radius 3 is 2.52 bits per heavy atom. The predicted octanol–water partition coefficient (Wildman–Crippen LogP) is 2.93. The Kier molecular flexibility index (Phi) is 6.07. The molecular formula is C24H25N3O5S. The Morgan fingerprint density at radius 2 is 1.82 bits per heavy atom. The van der Waals surface area contributed by atoms with Crippen LogP contribution in [0, 0.1) is 6.92 Å². The van der Waals surface area contributed by atoms with Gasteiger partial charge in [-0.1, -0.05) is 32.0 Å². The van der Waals surface area contributed by atoms with Crippen molar-refractivity contribution in [1.82, 2.24) is 9.78 Å². The lowest BCUT2D eigenvalue weighted by Gasteiger charge is -2.30. The molecule has 0 spiro atoms. The summed E-state index contributed by atoms with van der Waals surface area (Å²) in [6.45, 7) is 6.21. The van der Waals surface area contributed by atoms with Crippen LogP contribution < -0.4 is 15.2 Å². The minimum absolute atomic E-state index is 0.0773. The molecule has 0 saturated carbocycles. The molecular weight excluding hydrogens is 442 g/mol. The van der Waals surface area contributed by atoms with Crippen molar-refractivity contribution in [1.29, 1.82) is 0 Å². The number of rotatable bonds is 5. The number of aromatic nitrogens is 2. The number of aryl methyl sites for hydroxylation is 1. The third-order valence-corrected chi connectivity index (χ3v) is 7.20. The maximum absolute atomic E-state index is 13.1. The van der Waals surface area contributed by atoms with Crippen LogP contribution in [-0.4, -0.2) is 37.3 Å². The molecule has 4 rings (SSSR count). The molecule has 0 radical (unpaired) electrons. The number of anilines is 1. The third kappa shape index (κ3) is 4.54. The molecule has 0 bridgehead atoms. The van der Waals surface area contributed by atoms with Crippen LogP contribution in [0.15, 0.2) is 69.3 Å². The van der Waals surface area contributed by atoms with Crippen molar-refractivity contribution in [3.05, 3.63) is 76.1 Å². The van der Waals surface area contributed by atoms with Crippen LogP contribution in [0.3, 0.4) is 0 Å². The van der Waals surface area contributed by atoms with Crippen LogP contribution in [-0.2, 0) is 21.2 Å². The Morgan fingerprint density at radius 1 is 1.09 bits per heavy atom. The topological polar surface area (TPSA) is 98.6 Å². The first-order valence-electron chi connectivity index (χ1n) is 10.6. The lowest BCUT2D eigenvalue weighted by molar-refractivity contribution is -0.119. The number of ether oxygens (including phenoxy) is 1. The summed E-state index contributed by atoms with van der Waals surface area (Å²) in [5, 5.41) is 3.74. The minimum Gasteiger partial charge on any atom is -0.490 e. The summed E-state index contributed by atoms with van der Waals surface area (Å²) in [6.07, 6.45) is 0. The summed E-state index contributed by atoms with van der Waals surface area (Å²) in [5.41, 5.74) is 2.03. The van der Waals surface area contributed by atoms with Crippen LogP contribution >= 0.6 is 0 Å². The van der Waals surface area contributed by atoms with Gasteiger partial charge in [-0.25, -0.2) is 13.1 Å². The van der Waals surface area contributed by atoms with Crippen molar-refractivity contribution in [2.45, 2.75) is 43.2 Å². The van der Waals surface area contributed by atoms with E-state index in [0.717, 1.165) is 21.9 Å². The van der Waals surface area contributed by atoms with Crippen LogP contribution in [0.4, 0.5) is 5.69 Å². The highest BCUT2D eigenvalue weighted by atomic mass is 32.2. The first kappa shape index (κ1) is 22.7. The highest BCUT2D eigenvalue weighted by molar-refractivity contribution is 7.91. The van der Waals surface area contributed by atoms with E-state index in [0.29, 0.717) is 24.6 Å². The fourth-order valence-electron chi connectivity index (χ4n) is 3.64. The molecule has 1 aromatic heterocycles. The molecule has 2 aromatic carbocycles. The number of benzene rings is 2. The normalized spacial score (nSPS) is 13.5. The molecule has 8 nitrogen and oxygen atoms in total. The van der Waals surface area contributed by atoms with E-state index in [-0.39, 0.29) is 28.3 Å². The van der Waals surface area contributed by atoms with E-state index >= 15 is 0 Å². The van der Waals surface area contributed by atoms with E-state index in [2.05, 4.69) is 5.10 Å². The van der Waals surface area contributed by atoms with Crippen molar-refractivity contribution in [2.75, 3.05) is 18.1 Å². The second kappa shape index (κ2) is 8.82. The van der Waals surface area contributed by atoms with Crippen molar-refractivity contribution in [3.63, 3.8) is 0 Å². The third-order valence-electron chi connectivity index (χ3n) is 5.54. The van der Waals surface area contributed by atoms with E-state index in [1.54, 1.807) is 18.2 Å². The molecule has 2 heterocycles. The zero-order chi connectivity index (χ0) is 23.8. The molecule has 0 fully saturated rings. The average molecular weight is 468 g/mol. The van der Waals surface area contributed by atoms with Crippen LogP contribution in [0.1, 0.15) is 30.9 Å². The van der Waals surface area contributed by atoms with Gasteiger partial charge in [-0.15, -0.1) is 0 Å². The summed E-state index contributed by atoms with van der Waals surface area (Å²) >= 11 is 0. The van der Waals surface area contributed by atoms with Gasteiger partial charge in [-0.3, -0.25) is 9.59 Å². The van der Waals surface area contributed by atoms with E-state index < -0.39 is 15.4 Å². The number of nitrogens with zero attached hydrogens (tertiary/aromatic N) is 3. The van der Waals surface area contributed by atoms with Gasteiger partial charge in [0.15, 0.2) is 5.03 Å². The molecule has 0 aliphatic carbocycles. The molecule has 1 amide bonds. The van der Waals surface area contributed by atoms with E-state index in [1.165, 1.54) is 23.1 Å². The van der Waals surface area contributed by atoms with Crippen molar-refractivity contribution >= 4 is 21.4 Å². The molecule has 0 saturated heterocycles. The monoisotopic (exact) mass is 467 g/mol. The first-order valence-corrected chi connectivity index (χ1v) is 12.1. The van der Waals surface area contributed by atoms with Gasteiger partial charge in [0, 0.05) is 6.07 Å². The lowest BCUT2D eigenvalue weighted by Crippen LogP contribution is -2.42. The van der Waals surface area contributed by atoms with Gasteiger partial charge in [-0.05, 0) is 54.3 Å². The van der Waals surface area contributed by atoms with Gasteiger partial charge >= 0.3 is 0 Å². The molecule has 33 heavy (non-hydrogen) atoms. The first-order chi connectivity index (χ1) is 15.7. The summed E-state index contributed by atoms with van der Waals surface area (Å²) in [7, 11) is -3.95. The van der Waals surface area contributed by atoms with Crippen LogP contribution in [0.2, 0.25) is 0 Å². The standard InChI is InChI=1S/C24H25N3O5S/c1-16(2)18-5-7-19(8-6-18)33(30,31)22-10-11-23(28)27(25-22)15-24(29)26-12-13-32-21-9-4-17(3)14-20(21)26/h4-11,14,16H,12-13,15H2,1-3H3. The summed E-state index contributed by atoms with van der Waals surface area (Å²) in [6, 6.07) is 14.4. The van der Waals surface area contributed by atoms with Crippen LogP contribution in [0.25, 0.3) is 0 Å². The second-order valence-electron chi connectivity index (χ2n) is 8.26. The van der Waals surface area contributed by atoms with E-state index in [9.17, 15) is 18.0 Å². The Bertz CT molecular complexity index is 1360. The molecule has 3 aromatic rings. The number of hydrogen-bond acceptors (Lipinski definition) is 6. The fraction of sp³-hybridized carbons (Fsp3) is 0.292. The lowest BCUT2D eigenvalue weighted by atomic mass is 10.0.